The van der Waals surface area contributed by atoms with Crippen LogP contribution >= 0.6 is 11.6 Å². The number of nitrogens with zero attached hydrogens (tertiary/aromatic N) is 2. The van der Waals surface area contributed by atoms with E-state index in [9.17, 15) is 0 Å². The van der Waals surface area contributed by atoms with Gasteiger partial charge in [0.05, 0.1) is 16.9 Å². The van der Waals surface area contributed by atoms with E-state index in [1.54, 1.807) is 6.20 Å². The molecular weight excluding hydrogens is 198 g/mol. The summed E-state index contributed by atoms with van der Waals surface area (Å²) in [6, 6.07) is 0. The van der Waals surface area contributed by atoms with Crippen LogP contribution in [-0.2, 0) is 13.5 Å². The largest absolute Gasteiger partial charge is 0.311 e. The van der Waals surface area contributed by atoms with Gasteiger partial charge in [0.25, 0.3) is 0 Å². The van der Waals surface area contributed by atoms with E-state index in [2.05, 4.69) is 17.3 Å². The third-order valence-electron chi connectivity index (χ3n) is 3.03. The van der Waals surface area contributed by atoms with Crippen molar-refractivity contribution < 1.29 is 0 Å². The second-order valence-electron chi connectivity index (χ2n) is 4.33. The van der Waals surface area contributed by atoms with Gasteiger partial charge in [-0.15, -0.1) is 0 Å². The van der Waals surface area contributed by atoms with Gasteiger partial charge in [-0.3, -0.25) is 4.68 Å². The normalized spacial score (nSPS) is 27.1. The summed E-state index contributed by atoms with van der Waals surface area (Å²) in [5.41, 5.74) is 1.33. The first-order chi connectivity index (χ1) is 6.61. The van der Waals surface area contributed by atoms with Crippen LogP contribution in [0.25, 0.3) is 0 Å². The maximum Gasteiger partial charge on any atom is 0.0818 e. The standard InChI is InChI=1S/C10H16ClN3/c1-10(4-3-5-12-10)6-9-8(11)7-13-14(9)2/h7,12H,3-6H2,1-2H3. The molecule has 1 fully saturated rings. The van der Waals surface area contributed by atoms with Gasteiger partial charge in [-0.25, -0.2) is 0 Å². The summed E-state index contributed by atoms with van der Waals surface area (Å²) in [6.07, 6.45) is 5.15. The van der Waals surface area contributed by atoms with Gasteiger partial charge >= 0.3 is 0 Å². The third kappa shape index (κ3) is 1.79. The lowest BCUT2D eigenvalue weighted by Crippen LogP contribution is -2.39. The number of rotatable bonds is 2. The molecular formula is C10H16ClN3. The maximum absolute atomic E-state index is 6.07. The van der Waals surface area contributed by atoms with Gasteiger partial charge in [0, 0.05) is 19.0 Å². The highest BCUT2D eigenvalue weighted by Crippen LogP contribution is 2.26. The Morgan fingerprint density at radius 1 is 1.71 bits per heavy atom. The number of nitrogens with one attached hydrogen (secondary N) is 1. The Hall–Kier alpha value is -0.540. The van der Waals surface area contributed by atoms with E-state index in [-0.39, 0.29) is 5.54 Å². The van der Waals surface area contributed by atoms with Crippen LogP contribution in [0.5, 0.6) is 0 Å². The fourth-order valence-electron chi connectivity index (χ4n) is 2.11. The third-order valence-corrected chi connectivity index (χ3v) is 3.34. The molecule has 1 saturated heterocycles. The second kappa shape index (κ2) is 3.55. The maximum atomic E-state index is 6.07. The predicted molar refractivity (Wildman–Crippen MR) is 57.6 cm³/mol. The van der Waals surface area contributed by atoms with E-state index < -0.39 is 0 Å². The van der Waals surface area contributed by atoms with Crippen LogP contribution in [0.1, 0.15) is 25.5 Å². The van der Waals surface area contributed by atoms with E-state index in [0.717, 1.165) is 23.7 Å². The molecule has 3 nitrogen and oxygen atoms in total. The average molecular weight is 214 g/mol. The van der Waals surface area contributed by atoms with E-state index in [4.69, 9.17) is 11.6 Å². The van der Waals surface area contributed by atoms with Crippen LogP contribution in [0, 0.1) is 0 Å². The van der Waals surface area contributed by atoms with Gasteiger partial charge in [0.2, 0.25) is 0 Å². The van der Waals surface area contributed by atoms with Gasteiger partial charge in [-0.1, -0.05) is 11.6 Å². The number of hydrogen-bond acceptors (Lipinski definition) is 2. The van der Waals surface area contributed by atoms with Crippen molar-refractivity contribution in [3.05, 3.63) is 16.9 Å². The topological polar surface area (TPSA) is 29.9 Å². The molecule has 1 N–H and O–H groups in total. The van der Waals surface area contributed by atoms with Crippen molar-refractivity contribution in [3.63, 3.8) is 0 Å². The van der Waals surface area contributed by atoms with E-state index >= 15 is 0 Å². The summed E-state index contributed by atoms with van der Waals surface area (Å²) in [6.45, 7) is 3.37. The molecule has 0 aromatic carbocycles. The number of hydrogen-bond donors (Lipinski definition) is 1. The van der Waals surface area contributed by atoms with E-state index in [1.807, 2.05) is 11.7 Å². The Kier molecular flexibility index (Phi) is 2.54. The Morgan fingerprint density at radius 3 is 3.00 bits per heavy atom. The zero-order valence-corrected chi connectivity index (χ0v) is 9.43. The number of aryl methyl sites for hydroxylation is 1. The minimum absolute atomic E-state index is 0.206. The van der Waals surface area contributed by atoms with Crippen molar-refractivity contribution in [1.82, 2.24) is 15.1 Å². The lowest BCUT2D eigenvalue weighted by Gasteiger charge is -2.24. The molecule has 2 heterocycles. The quantitative estimate of drug-likeness (QED) is 0.812. The van der Waals surface area contributed by atoms with Crippen molar-refractivity contribution >= 4 is 11.6 Å². The lowest BCUT2D eigenvalue weighted by molar-refractivity contribution is 0.401. The van der Waals surface area contributed by atoms with Crippen LogP contribution in [0.3, 0.4) is 0 Å². The second-order valence-corrected chi connectivity index (χ2v) is 4.74. The van der Waals surface area contributed by atoms with Gasteiger partial charge < -0.3 is 5.32 Å². The lowest BCUT2D eigenvalue weighted by atomic mass is 9.94. The molecule has 14 heavy (non-hydrogen) atoms. The molecule has 0 spiro atoms. The molecule has 1 aliphatic heterocycles. The van der Waals surface area contributed by atoms with Crippen LogP contribution in [0.4, 0.5) is 0 Å². The van der Waals surface area contributed by atoms with E-state index in [1.165, 1.54) is 12.8 Å². The summed E-state index contributed by atoms with van der Waals surface area (Å²) in [4.78, 5) is 0. The molecule has 0 bridgehead atoms. The van der Waals surface area contributed by atoms with Crippen molar-refractivity contribution in [2.24, 2.45) is 7.05 Å². The Bertz CT molecular complexity index is 307. The van der Waals surface area contributed by atoms with E-state index in [0.29, 0.717) is 0 Å². The van der Waals surface area contributed by atoms with Crippen LogP contribution < -0.4 is 5.32 Å². The van der Waals surface area contributed by atoms with Crippen molar-refractivity contribution in [2.45, 2.75) is 31.7 Å². The minimum atomic E-state index is 0.206. The highest BCUT2D eigenvalue weighted by atomic mass is 35.5. The fourth-order valence-corrected chi connectivity index (χ4v) is 2.35. The molecule has 2 rings (SSSR count). The monoisotopic (exact) mass is 213 g/mol. The Morgan fingerprint density at radius 2 is 2.50 bits per heavy atom. The molecule has 1 aromatic heterocycles. The van der Waals surface area contributed by atoms with Gasteiger partial charge in [0.15, 0.2) is 0 Å². The molecule has 1 unspecified atom stereocenters. The van der Waals surface area contributed by atoms with Crippen molar-refractivity contribution in [1.29, 1.82) is 0 Å². The van der Waals surface area contributed by atoms with Gasteiger partial charge in [0.1, 0.15) is 0 Å². The highest BCUT2D eigenvalue weighted by molar-refractivity contribution is 6.31. The summed E-state index contributed by atoms with van der Waals surface area (Å²) < 4.78 is 1.87. The van der Waals surface area contributed by atoms with Crippen molar-refractivity contribution in [3.8, 4) is 0 Å². The predicted octanol–water partition coefficient (Wildman–Crippen LogP) is 1.76. The molecule has 0 amide bonds. The first-order valence-electron chi connectivity index (χ1n) is 5.02. The zero-order valence-electron chi connectivity index (χ0n) is 8.68. The number of halogens is 1. The van der Waals surface area contributed by atoms with Crippen molar-refractivity contribution in [2.75, 3.05) is 6.54 Å². The van der Waals surface area contributed by atoms with Crippen LogP contribution in [0.2, 0.25) is 5.02 Å². The summed E-state index contributed by atoms with van der Waals surface area (Å²) in [5, 5.41) is 8.45. The molecule has 4 heteroatoms. The van der Waals surface area contributed by atoms with Gasteiger partial charge in [-0.2, -0.15) is 5.10 Å². The molecule has 1 aliphatic rings. The average Bonchev–Trinajstić information content (AvgIpc) is 2.68. The zero-order chi connectivity index (χ0) is 10.2. The molecule has 0 radical (unpaired) electrons. The van der Waals surface area contributed by atoms with Crippen LogP contribution in [-0.4, -0.2) is 21.9 Å². The smallest absolute Gasteiger partial charge is 0.0818 e. The molecule has 1 aromatic rings. The minimum Gasteiger partial charge on any atom is -0.311 e. The Labute approximate surface area is 89.4 Å². The Balaban J connectivity index is 2.17. The molecule has 1 atom stereocenters. The summed E-state index contributed by atoms with van der Waals surface area (Å²) in [5.74, 6) is 0. The molecule has 0 saturated carbocycles. The fraction of sp³-hybridized carbons (Fsp3) is 0.700. The van der Waals surface area contributed by atoms with Gasteiger partial charge in [-0.05, 0) is 26.3 Å². The first-order valence-corrected chi connectivity index (χ1v) is 5.40. The SMILES string of the molecule is Cn1ncc(Cl)c1CC1(C)CCCN1. The van der Waals surface area contributed by atoms with Crippen LogP contribution in [0.15, 0.2) is 6.20 Å². The summed E-state index contributed by atoms with van der Waals surface area (Å²) in [7, 11) is 1.94. The highest BCUT2D eigenvalue weighted by Gasteiger charge is 2.29. The first kappa shape index (κ1) is 9.99. The molecule has 0 aliphatic carbocycles. The summed E-state index contributed by atoms with van der Waals surface area (Å²) >= 11 is 6.07. The number of aromatic nitrogens is 2. The molecule has 78 valence electrons.